The lowest BCUT2D eigenvalue weighted by Gasteiger charge is -2.45. The number of alkyl halides is 2. The number of amides is 5. The lowest BCUT2D eigenvalue weighted by Crippen LogP contribution is -2.65. The Hall–Kier alpha value is -3.88. The smallest absolute Gasteiger partial charge is 0.351 e. The predicted molar refractivity (Wildman–Crippen MR) is 155 cm³/mol. The van der Waals surface area contributed by atoms with Crippen LogP contribution < -0.4 is 5.32 Å². The number of fused-ring (bicyclic) bond motifs is 2. The Bertz CT molecular complexity index is 1600. The first-order valence-electron chi connectivity index (χ1n) is 14.5. The highest BCUT2D eigenvalue weighted by atomic mass is 31.2. The molecular formula is C28H35F2N6O8P. The number of aromatic amines is 1. The highest BCUT2D eigenvalue weighted by Gasteiger charge is 2.51. The van der Waals surface area contributed by atoms with E-state index in [-0.39, 0.29) is 52.9 Å². The van der Waals surface area contributed by atoms with Gasteiger partial charge in [-0.15, -0.1) is 0 Å². The van der Waals surface area contributed by atoms with E-state index in [1.807, 2.05) is 0 Å². The van der Waals surface area contributed by atoms with Gasteiger partial charge in [0.05, 0.1) is 6.04 Å². The van der Waals surface area contributed by atoms with Gasteiger partial charge in [-0.1, -0.05) is 6.07 Å². The second-order valence-electron chi connectivity index (χ2n) is 11.9. The minimum Gasteiger partial charge on any atom is -0.351 e. The van der Waals surface area contributed by atoms with E-state index < -0.39 is 42.7 Å². The largest absolute Gasteiger partial charge is 0.399 e. The molecule has 0 bridgehead atoms. The minimum absolute atomic E-state index is 0.0766. The maximum Gasteiger partial charge on any atom is 0.399 e. The van der Waals surface area contributed by atoms with Crippen molar-refractivity contribution in [1.82, 2.24) is 29.9 Å². The van der Waals surface area contributed by atoms with Crippen molar-refractivity contribution in [3.8, 4) is 0 Å². The van der Waals surface area contributed by atoms with Crippen LogP contribution in [0.4, 0.5) is 8.78 Å². The van der Waals surface area contributed by atoms with Crippen molar-refractivity contribution in [3.63, 3.8) is 0 Å². The van der Waals surface area contributed by atoms with Crippen LogP contribution in [-0.4, -0.2) is 121 Å². The van der Waals surface area contributed by atoms with Crippen molar-refractivity contribution in [3.05, 3.63) is 35.5 Å². The molecule has 0 unspecified atom stereocenters. The molecule has 14 nitrogen and oxygen atoms in total. The summed E-state index contributed by atoms with van der Waals surface area (Å²) >= 11 is 0. The van der Waals surface area contributed by atoms with E-state index in [4.69, 9.17) is 9.79 Å². The van der Waals surface area contributed by atoms with Crippen LogP contribution in [0.2, 0.25) is 0 Å². The fourth-order valence-electron chi connectivity index (χ4n) is 6.23. The number of benzene rings is 1. The molecule has 3 fully saturated rings. The molecule has 0 radical (unpaired) electrons. The maximum atomic E-state index is 14.3. The Labute approximate surface area is 256 Å². The molecule has 4 N–H and O–H groups in total. The van der Waals surface area contributed by atoms with Crippen molar-refractivity contribution < 1.29 is 47.1 Å². The number of carbonyl (C=O) groups is 5. The van der Waals surface area contributed by atoms with Crippen molar-refractivity contribution >= 4 is 48.0 Å². The van der Waals surface area contributed by atoms with Gasteiger partial charge in [0.15, 0.2) is 0 Å². The molecule has 0 saturated carbocycles. The molecule has 1 aromatic heterocycles. The van der Waals surface area contributed by atoms with Gasteiger partial charge in [-0.3, -0.25) is 28.5 Å². The van der Waals surface area contributed by atoms with E-state index in [1.54, 1.807) is 16.8 Å². The summed E-state index contributed by atoms with van der Waals surface area (Å²) in [6, 6.07) is 1.51. The summed E-state index contributed by atoms with van der Waals surface area (Å²) in [4.78, 5) is 92.1. The molecule has 45 heavy (non-hydrogen) atoms. The number of halogens is 2. The van der Waals surface area contributed by atoms with Crippen molar-refractivity contribution in [2.75, 3.05) is 33.2 Å². The summed E-state index contributed by atoms with van der Waals surface area (Å²) in [6.45, 7) is 3.74. The van der Waals surface area contributed by atoms with E-state index in [1.165, 1.54) is 29.7 Å². The van der Waals surface area contributed by atoms with E-state index in [9.17, 15) is 37.3 Å². The fraction of sp³-hybridized carbons (Fsp3) is 0.536. The quantitative estimate of drug-likeness (QED) is 0.330. The molecule has 244 valence electrons. The van der Waals surface area contributed by atoms with Crippen molar-refractivity contribution in [1.29, 1.82) is 0 Å². The first-order chi connectivity index (χ1) is 21.0. The van der Waals surface area contributed by atoms with E-state index in [2.05, 4.69) is 10.3 Å². The van der Waals surface area contributed by atoms with Crippen LogP contribution in [0.3, 0.4) is 0 Å². The highest BCUT2D eigenvalue weighted by molar-refractivity contribution is 7.52. The van der Waals surface area contributed by atoms with E-state index in [0.29, 0.717) is 38.9 Å². The number of likely N-dealkylation sites (tertiary alicyclic amines) is 1. The van der Waals surface area contributed by atoms with Crippen LogP contribution in [0.15, 0.2) is 24.3 Å². The fourth-order valence-corrected chi connectivity index (χ4v) is 6.70. The Morgan fingerprint density at radius 1 is 1.02 bits per heavy atom. The third-order valence-electron chi connectivity index (χ3n) is 9.01. The normalized spacial score (nSPS) is 22.9. The average molecular weight is 653 g/mol. The van der Waals surface area contributed by atoms with E-state index in [0.717, 1.165) is 18.2 Å². The van der Waals surface area contributed by atoms with Crippen molar-refractivity contribution in [2.24, 2.45) is 0 Å². The number of H-pyrrole nitrogens is 1. The monoisotopic (exact) mass is 652 g/mol. The van der Waals surface area contributed by atoms with Gasteiger partial charge in [-0.25, -0.2) is 0 Å². The molecule has 3 atom stereocenters. The second kappa shape index (κ2) is 11.8. The van der Waals surface area contributed by atoms with Crippen LogP contribution in [0.1, 0.15) is 49.2 Å². The van der Waals surface area contributed by atoms with Gasteiger partial charge >= 0.3 is 13.3 Å². The molecule has 4 heterocycles. The first-order valence-corrected chi connectivity index (χ1v) is 16.1. The van der Waals surface area contributed by atoms with Crippen LogP contribution >= 0.6 is 7.60 Å². The number of nitrogens with zero attached hydrogens (tertiary/aromatic N) is 4. The molecule has 0 spiro atoms. The summed E-state index contributed by atoms with van der Waals surface area (Å²) in [5.74, 6) is -1.99. The summed E-state index contributed by atoms with van der Waals surface area (Å²) in [5.41, 5.74) is -5.26. The molecule has 3 saturated heterocycles. The summed E-state index contributed by atoms with van der Waals surface area (Å²) in [6.07, 6.45) is 1.37. The Morgan fingerprint density at radius 2 is 1.69 bits per heavy atom. The maximum absolute atomic E-state index is 14.3. The second-order valence-corrected chi connectivity index (χ2v) is 13.5. The number of hydrogen-bond acceptors (Lipinski definition) is 6. The van der Waals surface area contributed by atoms with Gasteiger partial charge < -0.3 is 39.7 Å². The molecule has 17 heteroatoms. The third kappa shape index (κ3) is 6.06. The molecule has 2 aromatic rings. The molecule has 5 amide bonds. The number of hydrogen-bond donors (Lipinski definition) is 4. The van der Waals surface area contributed by atoms with Gasteiger partial charge in [0, 0.05) is 69.6 Å². The lowest BCUT2D eigenvalue weighted by atomic mass is 10.1. The SMILES string of the molecule is CC(=O)N1CC(N(C)C(=O)[C@@H]2CC[C@@H]3CCN(C(C)=O)C[C@H](NC(=O)c4cc5cc(C(F)(F)P(=O)(O)O)ccc5[nH]4)C(=O)N32)C1. The number of aromatic nitrogens is 1. The Morgan fingerprint density at radius 3 is 2.31 bits per heavy atom. The zero-order valence-electron chi connectivity index (χ0n) is 24.9. The first kappa shape index (κ1) is 32.5. The number of rotatable bonds is 6. The predicted octanol–water partition coefficient (Wildman–Crippen LogP) is 0.794. The van der Waals surface area contributed by atoms with Gasteiger partial charge in [0.1, 0.15) is 17.8 Å². The van der Waals surface area contributed by atoms with Crippen LogP contribution in [0.25, 0.3) is 10.9 Å². The summed E-state index contributed by atoms with van der Waals surface area (Å²) in [7, 11) is -4.17. The zero-order valence-corrected chi connectivity index (χ0v) is 25.8. The minimum atomic E-state index is -5.81. The molecule has 3 aliphatic heterocycles. The standard InChI is InChI=1S/C28H35F2N6O8P/c1-15(37)34-9-8-19-5-7-24(27(41)33(3)20-12-35(13-20)16(2)38)36(19)26(40)23(14-34)32-25(39)22-11-17-10-18(4-6-21(17)31-22)28(29,30)45(42,43)44/h4,6,10-11,19-20,23-24,31H,5,7-9,12-14H2,1-3H3,(H,32,39)(H2,42,43,44)/t19-,23+,24+/m1/s1. The zero-order chi connectivity index (χ0) is 33.0. The lowest BCUT2D eigenvalue weighted by molar-refractivity contribution is -0.152. The van der Waals surface area contributed by atoms with Crippen molar-refractivity contribution in [2.45, 2.75) is 62.9 Å². The molecule has 0 aliphatic carbocycles. The number of nitrogens with one attached hydrogen (secondary N) is 2. The molecule has 3 aliphatic rings. The van der Waals surface area contributed by atoms with Gasteiger partial charge in [0.25, 0.3) is 5.91 Å². The average Bonchev–Trinajstić information content (AvgIpc) is 3.55. The third-order valence-corrected chi connectivity index (χ3v) is 10.00. The Kier molecular flexibility index (Phi) is 8.53. The van der Waals surface area contributed by atoms with E-state index >= 15 is 0 Å². The number of likely N-dealkylation sites (N-methyl/N-ethyl adjacent to an activating group) is 1. The topological polar surface area (TPSA) is 184 Å². The van der Waals surface area contributed by atoms with Crippen LogP contribution in [-0.2, 0) is 29.4 Å². The molecular weight excluding hydrogens is 617 g/mol. The van der Waals surface area contributed by atoms with Gasteiger partial charge in [0.2, 0.25) is 23.6 Å². The van der Waals surface area contributed by atoms with Gasteiger partial charge in [-0.05, 0) is 37.5 Å². The summed E-state index contributed by atoms with van der Waals surface area (Å²) < 4.78 is 39.9. The van der Waals surface area contributed by atoms with Gasteiger partial charge in [-0.2, -0.15) is 8.78 Å². The molecule has 5 rings (SSSR count). The summed E-state index contributed by atoms with van der Waals surface area (Å²) in [5, 5.41) is 2.71. The van der Waals surface area contributed by atoms with Crippen LogP contribution in [0.5, 0.6) is 0 Å². The number of carbonyl (C=O) groups excluding carboxylic acids is 5. The Balaban J connectivity index is 1.37. The molecule has 1 aromatic carbocycles. The van der Waals surface area contributed by atoms with Crippen LogP contribution in [0, 0.1) is 0 Å². The highest BCUT2D eigenvalue weighted by Crippen LogP contribution is 2.59.